The van der Waals surface area contributed by atoms with Crippen LogP contribution in [0.25, 0.3) is 0 Å². The van der Waals surface area contributed by atoms with E-state index >= 15 is 0 Å². The van der Waals surface area contributed by atoms with Crippen LogP contribution in [0.5, 0.6) is 0 Å². The molecule has 1 unspecified atom stereocenters. The minimum Gasteiger partial charge on any atom is -0.463 e. The molecule has 0 saturated carbocycles. The molecular weight excluding hydrogens is 456 g/mol. The van der Waals surface area contributed by atoms with Crippen LogP contribution in [0.15, 0.2) is 69.7 Å². The van der Waals surface area contributed by atoms with Crippen molar-refractivity contribution in [2.24, 2.45) is 4.99 Å². The Bertz CT molecular complexity index is 1240. The van der Waals surface area contributed by atoms with Crippen LogP contribution in [0.1, 0.15) is 18.5 Å². The lowest BCUT2D eigenvalue weighted by molar-refractivity contribution is -0.139. The smallest absolute Gasteiger partial charge is 0.338 e. The van der Waals surface area contributed by atoms with Gasteiger partial charge in [-0.25, -0.2) is 23.0 Å². The Morgan fingerprint density at radius 2 is 1.91 bits per heavy atom. The summed E-state index contributed by atoms with van der Waals surface area (Å²) < 4.78 is 32.4. The van der Waals surface area contributed by atoms with Crippen LogP contribution >= 0.6 is 11.6 Å². The highest BCUT2D eigenvalue weighted by Crippen LogP contribution is 2.33. The molecule has 2 aliphatic heterocycles. The molecule has 0 aliphatic carbocycles. The van der Waals surface area contributed by atoms with Crippen LogP contribution in [0.3, 0.4) is 0 Å². The van der Waals surface area contributed by atoms with Gasteiger partial charge in [0.25, 0.3) is 10.0 Å². The Balaban J connectivity index is 1.78. The van der Waals surface area contributed by atoms with Gasteiger partial charge in [0.1, 0.15) is 11.2 Å². The summed E-state index contributed by atoms with van der Waals surface area (Å²) in [6.45, 7) is 1.45. The summed E-state index contributed by atoms with van der Waals surface area (Å²) in [5, 5.41) is 5.74. The first-order valence-electron chi connectivity index (χ1n) is 9.69. The van der Waals surface area contributed by atoms with E-state index in [1.54, 1.807) is 49.4 Å². The Hall–Kier alpha value is -3.37. The number of para-hydroxylation sites is 1. The van der Waals surface area contributed by atoms with E-state index in [0.29, 0.717) is 16.3 Å². The van der Waals surface area contributed by atoms with Crippen molar-refractivity contribution in [2.45, 2.75) is 17.9 Å². The summed E-state index contributed by atoms with van der Waals surface area (Å²) in [7, 11) is -3.94. The van der Waals surface area contributed by atoms with Gasteiger partial charge in [-0.05, 0) is 36.8 Å². The third kappa shape index (κ3) is 4.06. The van der Waals surface area contributed by atoms with E-state index in [0.717, 1.165) is 4.31 Å². The van der Waals surface area contributed by atoms with Crippen molar-refractivity contribution in [1.29, 1.82) is 0 Å². The second-order valence-corrected chi connectivity index (χ2v) is 9.25. The number of carbonyl (C=O) groups is 2. The lowest BCUT2D eigenvalue weighted by Gasteiger charge is -2.32. The molecule has 2 aromatic carbocycles. The van der Waals surface area contributed by atoms with Crippen molar-refractivity contribution in [3.8, 4) is 0 Å². The lowest BCUT2D eigenvalue weighted by Crippen LogP contribution is -2.49. The number of nitrogens with one attached hydrogen (secondary N) is 2. The molecule has 0 bridgehead atoms. The number of benzene rings is 2. The Kier molecular flexibility index (Phi) is 5.90. The molecule has 2 heterocycles. The number of urea groups is 1. The number of amides is 2. The Labute approximate surface area is 189 Å². The molecule has 0 aromatic heterocycles. The van der Waals surface area contributed by atoms with Gasteiger partial charge in [0.2, 0.25) is 0 Å². The van der Waals surface area contributed by atoms with E-state index < -0.39 is 28.1 Å². The minimum absolute atomic E-state index is 0.0373. The third-order valence-electron chi connectivity index (χ3n) is 4.94. The largest absolute Gasteiger partial charge is 0.463 e. The number of ether oxygens (including phenoxy) is 1. The summed E-state index contributed by atoms with van der Waals surface area (Å²) >= 11 is 5.97. The van der Waals surface area contributed by atoms with Gasteiger partial charge in [0.05, 0.1) is 36.2 Å². The zero-order valence-corrected chi connectivity index (χ0v) is 18.5. The minimum atomic E-state index is -3.94. The van der Waals surface area contributed by atoms with E-state index in [2.05, 4.69) is 15.6 Å². The fourth-order valence-electron chi connectivity index (χ4n) is 3.48. The summed E-state index contributed by atoms with van der Waals surface area (Å²) in [4.78, 5) is 29.5. The molecule has 1 atom stereocenters. The molecule has 2 amide bonds. The van der Waals surface area contributed by atoms with Gasteiger partial charge in [0, 0.05) is 5.02 Å². The van der Waals surface area contributed by atoms with Crippen LogP contribution in [0.2, 0.25) is 5.02 Å². The zero-order valence-electron chi connectivity index (χ0n) is 16.9. The van der Waals surface area contributed by atoms with Crippen molar-refractivity contribution in [3.63, 3.8) is 0 Å². The van der Waals surface area contributed by atoms with Gasteiger partial charge < -0.3 is 15.4 Å². The molecule has 32 heavy (non-hydrogen) atoms. The predicted molar refractivity (Wildman–Crippen MR) is 118 cm³/mol. The molecule has 0 spiro atoms. The second-order valence-electron chi connectivity index (χ2n) is 6.96. The Morgan fingerprint density at radius 1 is 1.19 bits per heavy atom. The molecule has 166 valence electrons. The number of hydrogen-bond donors (Lipinski definition) is 2. The van der Waals surface area contributed by atoms with Gasteiger partial charge in [-0.2, -0.15) is 0 Å². The summed E-state index contributed by atoms with van der Waals surface area (Å²) in [5.74, 6) is -0.679. The van der Waals surface area contributed by atoms with Crippen LogP contribution < -0.4 is 10.6 Å². The molecule has 11 heteroatoms. The van der Waals surface area contributed by atoms with Gasteiger partial charge in [-0.15, -0.1) is 0 Å². The first-order valence-corrected chi connectivity index (χ1v) is 11.5. The quantitative estimate of drug-likeness (QED) is 0.646. The zero-order chi connectivity index (χ0) is 22.9. The topological polar surface area (TPSA) is 117 Å². The number of esters is 1. The van der Waals surface area contributed by atoms with E-state index in [4.69, 9.17) is 16.3 Å². The summed E-state index contributed by atoms with van der Waals surface area (Å²) in [5.41, 5.74) is 1.10. The third-order valence-corrected chi connectivity index (χ3v) is 6.94. The van der Waals surface area contributed by atoms with Crippen molar-refractivity contribution in [1.82, 2.24) is 14.9 Å². The van der Waals surface area contributed by atoms with Gasteiger partial charge in [0.15, 0.2) is 0 Å². The Morgan fingerprint density at radius 3 is 2.62 bits per heavy atom. The maximum atomic E-state index is 13.1. The average molecular weight is 475 g/mol. The number of nitrogens with zero attached hydrogens (tertiary/aromatic N) is 2. The van der Waals surface area contributed by atoms with Crippen molar-refractivity contribution >= 4 is 45.7 Å². The molecular formula is C21H19ClN4O5S. The molecule has 4 rings (SSSR count). The first-order chi connectivity index (χ1) is 15.3. The predicted octanol–water partition coefficient (Wildman–Crippen LogP) is 2.88. The standard InChI is InChI=1S/C21H19ClN4O5S/c1-2-31-20(27)18-16(24-21(28)25-19(18)13-7-9-14(22)10-8-13)11-26-12-23-15-5-3-4-6-17(15)32(26,29)30/h3-10,12,19H,2,11H2,1H3,(H2,24,25,28). The fraction of sp³-hybridized carbons (Fsp3) is 0.190. The van der Waals surface area contributed by atoms with E-state index in [9.17, 15) is 18.0 Å². The molecule has 9 nitrogen and oxygen atoms in total. The molecule has 0 radical (unpaired) electrons. The summed E-state index contributed by atoms with van der Waals surface area (Å²) in [6.07, 6.45) is 1.17. The van der Waals surface area contributed by atoms with Crippen LogP contribution in [0.4, 0.5) is 10.5 Å². The highest BCUT2D eigenvalue weighted by atomic mass is 35.5. The first kappa shape index (κ1) is 21.8. The maximum Gasteiger partial charge on any atom is 0.338 e. The van der Waals surface area contributed by atoms with Gasteiger partial charge in [-0.3, -0.25) is 4.31 Å². The number of aliphatic imine (C=N–C) groups is 1. The highest BCUT2D eigenvalue weighted by Gasteiger charge is 2.37. The molecule has 2 aliphatic rings. The monoisotopic (exact) mass is 474 g/mol. The van der Waals surface area contributed by atoms with E-state index in [1.165, 1.54) is 12.4 Å². The molecule has 2 aromatic rings. The number of halogens is 1. The lowest BCUT2D eigenvalue weighted by atomic mass is 9.95. The SMILES string of the molecule is CCOC(=O)C1=C(CN2C=Nc3ccccc3S2(=O)=O)NC(=O)NC1c1ccc(Cl)cc1. The second kappa shape index (κ2) is 8.64. The number of sulfonamides is 1. The van der Waals surface area contributed by atoms with Gasteiger partial charge >= 0.3 is 12.0 Å². The van der Waals surface area contributed by atoms with Crippen molar-refractivity contribution in [3.05, 3.63) is 70.4 Å². The highest BCUT2D eigenvalue weighted by molar-refractivity contribution is 7.89. The summed E-state index contributed by atoms with van der Waals surface area (Å²) in [6, 6.07) is 11.5. The normalized spacial score (nSPS) is 19.1. The number of carbonyl (C=O) groups excluding carboxylic acids is 2. The van der Waals surface area contributed by atoms with E-state index in [1.807, 2.05) is 0 Å². The maximum absolute atomic E-state index is 13.1. The van der Waals surface area contributed by atoms with Crippen molar-refractivity contribution in [2.75, 3.05) is 13.2 Å². The van der Waals surface area contributed by atoms with Crippen LogP contribution in [-0.2, 0) is 19.6 Å². The van der Waals surface area contributed by atoms with Gasteiger partial charge in [-0.1, -0.05) is 35.9 Å². The van der Waals surface area contributed by atoms with Crippen LogP contribution in [-0.4, -0.2) is 44.2 Å². The molecule has 0 fully saturated rings. The van der Waals surface area contributed by atoms with E-state index in [-0.39, 0.29) is 29.3 Å². The molecule has 0 saturated heterocycles. The fourth-order valence-corrected chi connectivity index (χ4v) is 4.96. The van der Waals surface area contributed by atoms with Crippen LogP contribution in [0, 0.1) is 0 Å². The number of fused-ring (bicyclic) bond motifs is 1. The molecule has 2 N–H and O–H groups in total. The number of hydrogen-bond acceptors (Lipinski definition) is 6. The average Bonchev–Trinajstić information content (AvgIpc) is 2.76. The number of rotatable bonds is 5. The van der Waals surface area contributed by atoms with Crippen molar-refractivity contribution < 1.29 is 22.7 Å².